The van der Waals surface area contributed by atoms with Crippen LogP contribution in [-0.4, -0.2) is 44.7 Å². The molecule has 3 heteroatoms. The number of hydrogen-bond donors (Lipinski definition) is 1. The maximum Gasteiger partial charge on any atom is 0.118 e. The molecule has 0 bridgehead atoms. The molecular weight excluding hydrogens is 236 g/mol. The molecule has 0 amide bonds. The molecule has 0 heterocycles. The van der Waals surface area contributed by atoms with Gasteiger partial charge in [-0.2, -0.15) is 0 Å². The fourth-order valence-corrected chi connectivity index (χ4v) is 1.94. The van der Waals surface area contributed by atoms with Crippen LogP contribution in [0.5, 0.6) is 5.75 Å². The van der Waals surface area contributed by atoms with E-state index in [9.17, 15) is 0 Å². The summed E-state index contributed by atoms with van der Waals surface area (Å²) < 4.78 is 5.16. The van der Waals surface area contributed by atoms with E-state index in [2.05, 4.69) is 43.2 Å². The summed E-state index contributed by atoms with van der Waals surface area (Å²) in [6.45, 7) is 7.74. The molecule has 0 aromatic heterocycles. The molecule has 108 valence electrons. The molecule has 0 aliphatic heterocycles. The number of nitrogens with zero attached hydrogens (tertiary/aromatic N) is 1. The maximum atomic E-state index is 5.16. The van der Waals surface area contributed by atoms with E-state index in [1.54, 1.807) is 7.11 Å². The van der Waals surface area contributed by atoms with Gasteiger partial charge in [-0.15, -0.1) is 0 Å². The van der Waals surface area contributed by atoms with Crippen molar-refractivity contribution in [1.82, 2.24) is 10.2 Å². The lowest BCUT2D eigenvalue weighted by Gasteiger charge is -2.18. The minimum Gasteiger partial charge on any atom is -0.497 e. The van der Waals surface area contributed by atoms with Crippen molar-refractivity contribution in [3.05, 3.63) is 29.8 Å². The fourth-order valence-electron chi connectivity index (χ4n) is 1.94. The highest BCUT2D eigenvalue weighted by atomic mass is 16.5. The first-order valence-electron chi connectivity index (χ1n) is 7.20. The molecule has 1 unspecified atom stereocenters. The monoisotopic (exact) mass is 264 g/mol. The van der Waals surface area contributed by atoms with Gasteiger partial charge in [0.2, 0.25) is 0 Å². The fraction of sp³-hybridized carbons (Fsp3) is 0.625. The number of benzene rings is 1. The van der Waals surface area contributed by atoms with Gasteiger partial charge in [0.1, 0.15) is 5.75 Å². The van der Waals surface area contributed by atoms with Gasteiger partial charge in [0.15, 0.2) is 0 Å². The first-order valence-corrected chi connectivity index (χ1v) is 7.20. The third kappa shape index (κ3) is 6.60. The molecule has 0 radical (unpaired) electrons. The van der Waals surface area contributed by atoms with Crippen LogP contribution in [0.25, 0.3) is 0 Å². The highest BCUT2D eigenvalue weighted by Gasteiger charge is 2.03. The van der Waals surface area contributed by atoms with E-state index in [1.165, 1.54) is 12.0 Å². The van der Waals surface area contributed by atoms with Crippen molar-refractivity contribution < 1.29 is 4.74 Å². The Hall–Kier alpha value is -1.06. The topological polar surface area (TPSA) is 24.5 Å². The first kappa shape index (κ1) is 16.0. The zero-order valence-corrected chi connectivity index (χ0v) is 12.8. The zero-order valence-electron chi connectivity index (χ0n) is 12.8. The number of nitrogens with one attached hydrogen (secondary N) is 1. The predicted octanol–water partition coefficient (Wildman–Crippen LogP) is 2.56. The van der Waals surface area contributed by atoms with Crippen LogP contribution in [0.15, 0.2) is 24.3 Å². The largest absolute Gasteiger partial charge is 0.497 e. The molecule has 0 aliphatic rings. The second kappa shape index (κ2) is 8.94. The lowest BCUT2D eigenvalue weighted by atomic mass is 10.1. The van der Waals surface area contributed by atoms with Crippen molar-refractivity contribution in [3.63, 3.8) is 0 Å². The van der Waals surface area contributed by atoms with Gasteiger partial charge in [-0.25, -0.2) is 0 Å². The molecular formula is C16H28N2O. The second-order valence-corrected chi connectivity index (χ2v) is 5.14. The van der Waals surface area contributed by atoms with Crippen molar-refractivity contribution in [2.24, 2.45) is 0 Å². The van der Waals surface area contributed by atoms with Crippen molar-refractivity contribution in [1.29, 1.82) is 0 Å². The third-order valence-corrected chi connectivity index (χ3v) is 3.55. The Morgan fingerprint density at radius 1 is 1.26 bits per heavy atom. The molecule has 1 rings (SSSR count). The summed E-state index contributed by atoms with van der Waals surface area (Å²) in [4.78, 5) is 2.32. The molecule has 3 nitrogen and oxygen atoms in total. The van der Waals surface area contributed by atoms with E-state index in [1.807, 2.05) is 12.1 Å². The number of ether oxygens (including phenoxy) is 1. The Balaban J connectivity index is 2.20. The molecule has 0 fully saturated rings. The Labute approximate surface area is 118 Å². The highest BCUT2D eigenvalue weighted by Crippen LogP contribution is 2.13. The van der Waals surface area contributed by atoms with E-state index >= 15 is 0 Å². The quantitative estimate of drug-likeness (QED) is 0.742. The number of aryl methyl sites for hydroxylation is 1. The number of rotatable bonds is 9. The SMILES string of the molecule is CCN(C)CCNC(C)CCc1ccc(OC)cc1. The van der Waals surface area contributed by atoms with Crippen LogP contribution >= 0.6 is 0 Å². The predicted molar refractivity (Wildman–Crippen MR) is 82.0 cm³/mol. The minimum atomic E-state index is 0.562. The van der Waals surface area contributed by atoms with Crippen LogP contribution in [0.1, 0.15) is 25.8 Å². The van der Waals surface area contributed by atoms with Gasteiger partial charge in [-0.3, -0.25) is 0 Å². The van der Waals surface area contributed by atoms with Gasteiger partial charge in [0.05, 0.1) is 7.11 Å². The lowest BCUT2D eigenvalue weighted by Crippen LogP contribution is -2.34. The highest BCUT2D eigenvalue weighted by molar-refractivity contribution is 5.27. The molecule has 0 spiro atoms. The maximum absolute atomic E-state index is 5.16. The molecule has 19 heavy (non-hydrogen) atoms. The van der Waals surface area contributed by atoms with Crippen LogP contribution in [0.2, 0.25) is 0 Å². The Bertz CT molecular complexity index is 337. The van der Waals surface area contributed by atoms with Gasteiger partial charge in [-0.05, 0) is 51.1 Å². The summed E-state index contributed by atoms with van der Waals surface area (Å²) in [5.41, 5.74) is 1.38. The van der Waals surface area contributed by atoms with E-state index in [4.69, 9.17) is 4.74 Å². The summed E-state index contributed by atoms with van der Waals surface area (Å²) in [5.74, 6) is 0.928. The molecule has 0 saturated carbocycles. The van der Waals surface area contributed by atoms with Crippen LogP contribution in [0, 0.1) is 0 Å². The number of methoxy groups -OCH3 is 1. The van der Waals surface area contributed by atoms with Crippen LogP contribution < -0.4 is 10.1 Å². The minimum absolute atomic E-state index is 0.562. The van der Waals surface area contributed by atoms with E-state index in [0.29, 0.717) is 6.04 Å². The summed E-state index contributed by atoms with van der Waals surface area (Å²) in [7, 11) is 3.86. The number of likely N-dealkylation sites (N-methyl/N-ethyl adjacent to an activating group) is 1. The van der Waals surface area contributed by atoms with Gasteiger partial charge in [-0.1, -0.05) is 19.1 Å². The average Bonchev–Trinajstić information content (AvgIpc) is 2.45. The Morgan fingerprint density at radius 3 is 2.53 bits per heavy atom. The smallest absolute Gasteiger partial charge is 0.118 e. The summed E-state index contributed by atoms with van der Waals surface area (Å²) >= 11 is 0. The lowest BCUT2D eigenvalue weighted by molar-refractivity contribution is 0.339. The molecule has 1 atom stereocenters. The van der Waals surface area contributed by atoms with Gasteiger partial charge < -0.3 is 15.0 Å². The van der Waals surface area contributed by atoms with Gasteiger partial charge in [0, 0.05) is 19.1 Å². The Kier molecular flexibility index (Phi) is 7.53. The zero-order chi connectivity index (χ0) is 14.1. The second-order valence-electron chi connectivity index (χ2n) is 5.14. The molecule has 1 aromatic rings. The molecule has 0 saturated heterocycles. The van der Waals surface area contributed by atoms with Crippen molar-refractivity contribution >= 4 is 0 Å². The van der Waals surface area contributed by atoms with Crippen LogP contribution in [0.3, 0.4) is 0 Å². The van der Waals surface area contributed by atoms with E-state index in [-0.39, 0.29) is 0 Å². The standard InChI is InChI=1S/C16H28N2O/c1-5-18(3)13-12-17-14(2)6-7-15-8-10-16(19-4)11-9-15/h8-11,14,17H,5-7,12-13H2,1-4H3. The van der Waals surface area contributed by atoms with Gasteiger partial charge >= 0.3 is 0 Å². The molecule has 0 aliphatic carbocycles. The van der Waals surface area contributed by atoms with E-state index < -0.39 is 0 Å². The molecule has 1 N–H and O–H groups in total. The van der Waals surface area contributed by atoms with Crippen LogP contribution in [0.4, 0.5) is 0 Å². The van der Waals surface area contributed by atoms with Gasteiger partial charge in [0.25, 0.3) is 0 Å². The summed E-state index contributed by atoms with van der Waals surface area (Å²) in [5, 5.41) is 3.57. The Morgan fingerprint density at radius 2 is 1.95 bits per heavy atom. The number of hydrogen-bond acceptors (Lipinski definition) is 3. The summed E-state index contributed by atoms with van der Waals surface area (Å²) in [6.07, 6.45) is 2.28. The summed E-state index contributed by atoms with van der Waals surface area (Å²) in [6, 6.07) is 8.92. The van der Waals surface area contributed by atoms with Crippen LogP contribution in [-0.2, 0) is 6.42 Å². The average molecular weight is 264 g/mol. The third-order valence-electron chi connectivity index (χ3n) is 3.55. The van der Waals surface area contributed by atoms with E-state index in [0.717, 1.165) is 31.8 Å². The van der Waals surface area contributed by atoms with Crippen molar-refractivity contribution in [2.75, 3.05) is 33.8 Å². The first-order chi connectivity index (χ1) is 9.15. The molecule has 1 aromatic carbocycles. The van der Waals surface area contributed by atoms with Crippen molar-refractivity contribution in [3.8, 4) is 5.75 Å². The normalized spacial score (nSPS) is 12.7. The van der Waals surface area contributed by atoms with Crippen molar-refractivity contribution in [2.45, 2.75) is 32.7 Å².